The number of nitrogens with zero attached hydrogens (tertiary/aromatic N) is 2. The molecule has 0 bridgehead atoms. The van der Waals surface area contributed by atoms with Gasteiger partial charge >= 0.3 is 6.03 Å². The number of piperazine rings is 1. The summed E-state index contributed by atoms with van der Waals surface area (Å²) in [6, 6.07) is 0.370. The fourth-order valence-electron chi connectivity index (χ4n) is 4.34. The van der Waals surface area contributed by atoms with E-state index in [1.165, 1.54) is 25.7 Å². The second kappa shape index (κ2) is 7.72. The van der Waals surface area contributed by atoms with Gasteiger partial charge in [0.2, 0.25) is 5.91 Å². The van der Waals surface area contributed by atoms with Crippen LogP contribution in [0.3, 0.4) is 0 Å². The number of nitrogens with one attached hydrogen (secondary N) is 1. The van der Waals surface area contributed by atoms with Crippen LogP contribution < -0.4 is 11.1 Å². The Balaban J connectivity index is 1.46. The molecule has 6 nitrogen and oxygen atoms in total. The van der Waals surface area contributed by atoms with Crippen molar-refractivity contribution in [3.63, 3.8) is 0 Å². The largest absolute Gasteiger partial charge is 0.338 e. The van der Waals surface area contributed by atoms with E-state index < -0.39 is 5.54 Å². The second-order valence-corrected chi connectivity index (χ2v) is 7.78. The van der Waals surface area contributed by atoms with Gasteiger partial charge in [0.05, 0.1) is 5.54 Å². The van der Waals surface area contributed by atoms with Crippen LogP contribution in [-0.2, 0) is 4.79 Å². The zero-order chi connectivity index (χ0) is 17.0. The average Bonchev–Trinajstić information content (AvgIpc) is 2.63. The number of hydrogen-bond acceptors (Lipinski definition) is 3. The van der Waals surface area contributed by atoms with Crippen LogP contribution in [-0.4, -0.2) is 59.5 Å². The van der Waals surface area contributed by atoms with Crippen LogP contribution in [0, 0.1) is 0 Å². The van der Waals surface area contributed by atoms with Crippen LogP contribution in [0.15, 0.2) is 0 Å². The molecule has 0 unspecified atom stereocenters. The summed E-state index contributed by atoms with van der Waals surface area (Å²) in [6.45, 7) is 2.44. The highest BCUT2D eigenvalue weighted by molar-refractivity contribution is 5.86. The van der Waals surface area contributed by atoms with E-state index in [0.717, 1.165) is 38.5 Å². The average molecular weight is 336 g/mol. The fraction of sp³-hybridized carbons (Fsp3) is 0.889. The number of rotatable bonds is 2. The number of urea groups is 1. The van der Waals surface area contributed by atoms with E-state index in [-0.39, 0.29) is 11.9 Å². The SMILES string of the molecule is NC1(C(=O)N2CCN(C(=O)NC3CCCCC3)CC2)CCCCC1. The minimum absolute atomic E-state index is 0.0362. The first-order valence-corrected chi connectivity index (χ1v) is 9.72. The van der Waals surface area contributed by atoms with Crippen molar-refractivity contribution < 1.29 is 9.59 Å². The van der Waals surface area contributed by atoms with Gasteiger partial charge in [0.1, 0.15) is 0 Å². The lowest BCUT2D eigenvalue weighted by molar-refractivity contribution is -0.139. The van der Waals surface area contributed by atoms with E-state index in [4.69, 9.17) is 5.73 Å². The predicted octanol–water partition coefficient (Wildman–Crippen LogP) is 1.83. The molecule has 2 aliphatic carbocycles. The summed E-state index contributed by atoms with van der Waals surface area (Å²) in [5.74, 6) is 0.0922. The Morgan fingerprint density at radius 1 is 0.833 bits per heavy atom. The number of carbonyl (C=O) groups excluding carboxylic acids is 2. The topological polar surface area (TPSA) is 78.7 Å². The molecule has 3 fully saturated rings. The second-order valence-electron chi connectivity index (χ2n) is 7.78. The molecular formula is C18H32N4O2. The van der Waals surface area contributed by atoms with Crippen LogP contribution in [0.2, 0.25) is 0 Å². The molecule has 0 spiro atoms. The van der Waals surface area contributed by atoms with Crippen LogP contribution in [0.4, 0.5) is 4.79 Å². The van der Waals surface area contributed by atoms with Crippen molar-refractivity contribution in [2.45, 2.75) is 75.8 Å². The highest BCUT2D eigenvalue weighted by Gasteiger charge is 2.39. The van der Waals surface area contributed by atoms with Crippen LogP contribution in [0.5, 0.6) is 0 Å². The van der Waals surface area contributed by atoms with E-state index in [1.54, 1.807) is 0 Å². The molecule has 2 saturated carbocycles. The Labute approximate surface area is 145 Å². The van der Waals surface area contributed by atoms with Crippen molar-refractivity contribution in [3.8, 4) is 0 Å². The van der Waals surface area contributed by atoms with E-state index >= 15 is 0 Å². The third kappa shape index (κ3) is 4.02. The highest BCUT2D eigenvalue weighted by atomic mass is 16.2. The summed E-state index contributed by atoms with van der Waals surface area (Å²) < 4.78 is 0. The number of nitrogens with two attached hydrogens (primary N) is 1. The van der Waals surface area contributed by atoms with Crippen molar-refractivity contribution in [2.24, 2.45) is 5.73 Å². The molecule has 0 atom stereocenters. The van der Waals surface area contributed by atoms with E-state index in [1.807, 2.05) is 9.80 Å². The molecular weight excluding hydrogens is 304 g/mol. The summed E-state index contributed by atoms with van der Waals surface area (Å²) >= 11 is 0. The normalized spacial score (nSPS) is 25.4. The maximum atomic E-state index is 12.8. The maximum Gasteiger partial charge on any atom is 0.317 e. The molecule has 1 saturated heterocycles. The van der Waals surface area contributed by atoms with Gasteiger partial charge in [-0.25, -0.2) is 4.79 Å². The van der Waals surface area contributed by atoms with Gasteiger partial charge in [0.25, 0.3) is 0 Å². The van der Waals surface area contributed by atoms with Gasteiger partial charge in [-0.15, -0.1) is 0 Å². The molecule has 0 radical (unpaired) electrons. The number of carbonyl (C=O) groups is 2. The Bertz CT molecular complexity index is 448. The smallest absolute Gasteiger partial charge is 0.317 e. The van der Waals surface area contributed by atoms with Crippen molar-refractivity contribution in [3.05, 3.63) is 0 Å². The van der Waals surface area contributed by atoms with Gasteiger partial charge in [0, 0.05) is 32.2 Å². The lowest BCUT2D eigenvalue weighted by Gasteiger charge is -2.41. The first-order valence-electron chi connectivity index (χ1n) is 9.72. The molecule has 1 aliphatic heterocycles. The van der Waals surface area contributed by atoms with E-state index in [9.17, 15) is 9.59 Å². The molecule has 6 heteroatoms. The van der Waals surface area contributed by atoms with Crippen molar-refractivity contribution in [2.75, 3.05) is 26.2 Å². The predicted molar refractivity (Wildman–Crippen MR) is 93.6 cm³/mol. The Morgan fingerprint density at radius 3 is 2.00 bits per heavy atom. The lowest BCUT2D eigenvalue weighted by atomic mass is 9.81. The van der Waals surface area contributed by atoms with Gasteiger partial charge in [-0.2, -0.15) is 0 Å². The molecule has 24 heavy (non-hydrogen) atoms. The standard InChI is InChI=1S/C18H32N4O2/c19-18(9-5-2-6-10-18)16(23)21-11-13-22(14-12-21)17(24)20-15-7-3-1-4-8-15/h15H,1-14,19H2,(H,20,24). The van der Waals surface area contributed by atoms with E-state index in [0.29, 0.717) is 32.2 Å². The molecule has 1 heterocycles. The van der Waals surface area contributed by atoms with Gasteiger partial charge in [0.15, 0.2) is 0 Å². The lowest BCUT2D eigenvalue weighted by Crippen LogP contribution is -2.61. The van der Waals surface area contributed by atoms with Crippen molar-refractivity contribution in [1.82, 2.24) is 15.1 Å². The number of hydrogen-bond donors (Lipinski definition) is 2. The van der Waals surface area contributed by atoms with Gasteiger partial charge in [-0.05, 0) is 25.7 Å². The monoisotopic (exact) mass is 336 g/mol. The molecule has 3 amide bonds. The zero-order valence-electron chi connectivity index (χ0n) is 14.8. The molecule has 0 aromatic heterocycles. The zero-order valence-corrected chi connectivity index (χ0v) is 14.8. The highest BCUT2D eigenvalue weighted by Crippen LogP contribution is 2.28. The first kappa shape index (κ1) is 17.5. The molecule has 3 N–H and O–H groups in total. The summed E-state index contributed by atoms with van der Waals surface area (Å²) in [6.07, 6.45) is 10.8. The molecule has 0 aromatic rings. The fourth-order valence-corrected chi connectivity index (χ4v) is 4.34. The third-order valence-corrected chi connectivity index (χ3v) is 5.96. The summed E-state index contributed by atoms with van der Waals surface area (Å²) in [5, 5.41) is 3.16. The molecule has 3 rings (SSSR count). The minimum atomic E-state index is -0.662. The Kier molecular flexibility index (Phi) is 5.64. The van der Waals surface area contributed by atoms with Crippen LogP contribution in [0.25, 0.3) is 0 Å². The first-order chi connectivity index (χ1) is 11.6. The molecule has 136 valence electrons. The van der Waals surface area contributed by atoms with Crippen LogP contribution >= 0.6 is 0 Å². The molecule has 0 aromatic carbocycles. The van der Waals surface area contributed by atoms with E-state index in [2.05, 4.69) is 5.32 Å². The van der Waals surface area contributed by atoms with Gasteiger partial charge < -0.3 is 20.9 Å². The van der Waals surface area contributed by atoms with Crippen LogP contribution in [0.1, 0.15) is 64.2 Å². The Morgan fingerprint density at radius 2 is 1.38 bits per heavy atom. The van der Waals surface area contributed by atoms with Gasteiger partial charge in [-0.3, -0.25) is 4.79 Å². The minimum Gasteiger partial charge on any atom is -0.338 e. The quantitative estimate of drug-likeness (QED) is 0.807. The van der Waals surface area contributed by atoms with Crippen molar-refractivity contribution >= 4 is 11.9 Å². The number of amides is 3. The van der Waals surface area contributed by atoms with Crippen molar-refractivity contribution in [1.29, 1.82) is 0 Å². The third-order valence-electron chi connectivity index (χ3n) is 5.96. The Hall–Kier alpha value is -1.30. The van der Waals surface area contributed by atoms with Gasteiger partial charge in [-0.1, -0.05) is 38.5 Å². The molecule has 3 aliphatic rings. The summed E-state index contributed by atoms with van der Waals surface area (Å²) in [7, 11) is 0. The summed E-state index contributed by atoms with van der Waals surface area (Å²) in [5.41, 5.74) is 5.71. The maximum absolute atomic E-state index is 12.8. The summed E-state index contributed by atoms with van der Waals surface area (Å²) in [4.78, 5) is 28.9.